The van der Waals surface area contributed by atoms with E-state index in [4.69, 9.17) is 18.9 Å². The molecule has 0 bridgehead atoms. The van der Waals surface area contributed by atoms with Gasteiger partial charge < -0.3 is 18.9 Å². The lowest BCUT2D eigenvalue weighted by molar-refractivity contribution is -0.129. The molecule has 0 fully saturated rings. The van der Waals surface area contributed by atoms with Gasteiger partial charge in [0.1, 0.15) is 23.6 Å². The van der Waals surface area contributed by atoms with Gasteiger partial charge in [0, 0.05) is 6.07 Å². The zero-order valence-corrected chi connectivity index (χ0v) is 15.5. The quantitative estimate of drug-likeness (QED) is 0.650. The van der Waals surface area contributed by atoms with Crippen molar-refractivity contribution in [1.82, 2.24) is 10.4 Å². The van der Waals surface area contributed by atoms with Crippen molar-refractivity contribution in [2.24, 2.45) is 0 Å². The highest BCUT2D eigenvalue weighted by atomic mass is 32.1. The summed E-state index contributed by atoms with van der Waals surface area (Å²) < 4.78 is 22.7. The Morgan fingerprint density at radius 2 is 2.04 bits per heavy atom. The van der Waals surface area contributed by atoms with E-state index < -0.39 is 6.10 Å². The molecule has 4 rings (SSSR count). The lowest BCUT2D eigenvalue weighted by Gasteiger charge is -2.25. The minimum absolute atomic E-state index is 0.134. The minimum atomic E-state index is -0.753. The van der Waals surface area contributed by atoms with Crippen molar-refractivity contribution < 1.29 is 23.7 Å². The Bertz CT molecular complexity index is 990. The monoisotopic (exact) mass is 387 g/mol. The Kier molecular flexibility index (Phi) is 4.59. The minimum Gasteiger partial charge on any atom is -0.497 e. The number of nitrogens with one attached hydrogen (secondary N) is 2. The van der Waals surface area contributed by atoms with E-state index in [-0.39, 0.29) is 12.5 Å². The summed E-state index contributed by atoms with van der Waals surface area (Å²) in [6.45, 7) is 0.134. The van der Waals surface area contributed by atoms with Crippen molar-refractivity contribution in [2.75, 3.05) is 26.3 Å². The van der Waals surface area contributed by atoms with Crippen LogP contribution in [-0.4, -0.2) is 37.8 Å². The van der Waals surface area contributed by atoms with E-state index in [1.165, 1.54) is 11.3 Å². The maximum atomic E-state index is 12.4. The van der Waals surface area contributed by atoms with E-state index in [1.54, 1.807) is 32.4 Å². The predicted molar refractivity (Wildman–Crippen MR) is 101 cm³/mol. The molecule has 1 aliphatic heterocycles. The molecule has 3 aromatic rings. The number of para-hydroxylation sites is 2. The molecule has 1 atom stereocenters. The number of nitrogens with zero attached hydrogens (tertiary/aromatic N) is 1. The van der Waals surface area contributed by atoms with Gasteiger partial charge in [-0.15, -0.1) is 0 Å². The number of aromatic nitrogens is 1. The van der Waals surface area contributed by atoms with E-state index >= 15 is 0 Å². The molecular weight excluding hydrogens is 370 g/mol. The van der Waals surface area contributed by atoms with Gasteiger partial charge in [-0.2, -0.15) is 0 Å². The molecule has 2 N–H and O–H groups in total. The number of carbonyl (C=O) groups excluding carboxylic acids is 1. The summed E-state index contributed by atoms with van der Waals surface area (Å²) in [6, 6.07) is 10.8. The second kappa shape index (κ2) is 7.20. The third-order valence-corrected chi connectivity index (χ3v) is 4.90. The fourth-order valence-electron chi connectivity index (χ4n) is 2.65. The second-order valence-corrected chi connectivity index (χ2v) is 6.70. The van der Waals surface area contributed by atoms with Crippen LogP contribution in [0.4, 0.5) is 5.13 Å². The standard InChI is InChI=1S/C18H17N3O5S/c1-23-10-7-13(24-2)16-15(8-10)27-18(19-16)21-20-17(22)14-9-25-11-5-3-4-6-12(11)26-14/h3-8,14H,9H2,1-2H3,(H,19,21)(H,20,22). The van der Waals surface area contributed by atoms with Crippen molar-refractivity contribution in [3.05, 3.63) is 36.4 Å². The summed E-state index contributed by atoms with van der Waals surface area (Å²) in [5, 5.41) is 0.516. The maximum Gasteiger partial charge on any atom is 0.283 e. The van der Waals surface area contributed by atoms with Gasteiger partial charge in [0.2, 0.25) is 11.2 Å². The third-order valence-electron chi connectivity index (χ3n) is 3.98. The molecular formula is C18H17N3O5S. The number of methoxy groups -OCH3 is 2. The van der Waals surface area contributed by atoms with Gasteiger partial charge in [-0.05, 0) is 18.2 Å². The molecule has 2 heterocycles. The van der Waals surface area contributed by atoms with E-state index in [9.17, 15) is 4.79 Å². The van der Waals surface area contributed by atoms with Gasteiger partial charge in [0.05, 0.1) is 18.9 Å². The molecule has 140 valence electrons. The van der Waals surface area contributed by atoms with Crippen molar-refractivity contribution in [3.8, 4) is 23.0 Å². The van der Waals surface area contributed by atoms with Crippen LogP contribution in [0.3, 0.4) is 0 Å². The van der Waals surface area contributed by atoms with Crippen LogP contribution in [0.15, 0.2) is 36.4 Å². The summed E-state index contributed by atoms with van der Waals surface area (Å²) in [5.74, 6) is 2.08. The zero-order chi connectivity index (χ0) is 18.8. The summed E-state index contributed by atoms with van der Waals surface area (Å²) in [6.07, 6.45) is -0.753. The SMILES string of the molecule is COc1cc(OC)c2nc(NNC(=O)C3COc4ccccc4O3)sc2c1. The first-order chi connectivity index (χ1) is 13.2. The van der Waals surface area contributed by atoms with Crippen LogP contribution in [0.2, 0.25) is 0 Å². The Balaban J connectivity index is 1.45. The van der Waals surface area contributed by atoms with Crippen LogP contribution in [0.1, 0.15) is 0 Å². The fraction of sp³-hybridized carbons (Fsp3) is 0.222. The first-order valence-electron chi connectivity index (χ1n) is 8.15. The molecule has 0 aliphatic carbocycles. The number of hydrazine groups is 1. The van der Waals surface area contributed by atoms with Gasteiger partial charge in [-0.3, -0.25) is 15.6 Å². The lowest BCUT2D eigenvalue weighted by atomic mass is 10.2. The molecule has 1 aromatic heterocycles. The zero-order valence-electron chi connectivity index (χ0n) is 14.6. The van der Waals surface area contributed by atoms with Crippen molar-refractivity contribution >= 4 is 32.6 Å². The Morgan fingerprint density at radius 1 is 1.22 bits per heavy atom. The topological polar surface area (TPSA) is 90.9 Å². The van der Waals surface area contributed by atoms with Gasteiger partial charge >= 0.3 is 0 Å². The van der Waals surface area contributed by atoms with E-state index in [1.807, 2.05) is 18.2 Å². The molecule has 1 unspecified atom stereocenters. The van der Waals surface area contributed by atoms with Crippen LogP contribution in [-0.2, 0) is 4.79 Å². The fourth-order valence-corrected chi connectivity index (χ4v) is 3.51. The summed E-state index contributed by atoms with van der Waals surface area (Å²) in [7, 11) is 3.16. The molecule has 2 aromatic carbocycles. The molecule has 0 radical (unpaired) electrons. The number of benzene rings is 2. The molecule has 0 spiro atoms. The highest BCUT2D eigenvalue weighted by molar-refractivity contribution is 7.22. The number of hydrogen-bond acceptors (Lipinski definition) is 8. The summed E-state index contributed by atoms with van der Waals surface area (Å²) in [4.78, 5) is 16.8. The van der Waals surface area contributed by atoms with Gasteiger partial charge in [-0.1, -0.05) is 23.5 Å². The number of thiazole rings is 1. The molecule has 9 heteroatoms. The first-order valence-corrected chi connectivity index (χ1v) is 8.96. The van der Waals surface area contributed by atoms with Crippen LogP contribution < -0.4 is 29.8 Å². The summed E-state index contributed by atoms with van der Waals surface area (Å²) >= 11 is 1.36. The average molecular weight is 387 g/mol. The molecule has 0 saturated carbocycles. The molecule has 8 nitrogen and oxygen atoms in total. The van der Waals surface area contributed by atoms with E-state index in [0.717, 1.165) is 4.70 Å². The van der Waals surface area contributed by atoms with Crippen LogP contribution in [0.5, 0.6) is 23.0 Å². The van der Waals surface area contributed by atoms with Crippen molar-refractivity contribution in [3.63, 3.8) is 0 Å². The number of rotatable bonds is 5. The van der Waals surface area contributed by atoms with E-state index in [0.29, 0.717) is 33.6 Å². The molecule has 1 amide bonds. The Hall–Kier alpha value is -3.20. The number of fused-ring (bicyclic) bond motifs is 2. The summed E-state index contributed by atoms with van der Waals surface area (Å²) in [5.41, 5.74) is 6.11. The van der Waals surface area contributed by atoms with Gasteiger partial charge in [0.25, 0.3) is 5.91 Å². The van der Waals surface area contributed by atoms with Crippen molar-refractivity contribution in [1.29, 1.82) is 0 Å². The van der Waals surface area contributed by atoms with Crippen LogP contribution >= 0.6 is 11.3 Å². The number of ether oxygens (including phenoxy) is 4. The van der Waals surface area contributed by atoms with Gasteiger partial charge in [0.15, 0.2) is 11.5 Å². The van der Waals surface area contributed by atoms with E-state index in [2.05, 4.69) is 15.8 Å². The normalized spacial score (nSPS) is 15.3. The number of anilines is 1. The smallest absolute Gasteiger partial charge is 0.283 e. The number of hydrogen-bond donors (Lipinski definition) is 2. The van der Waals surface area contributed by atoms with Crippen LogP contribution in [0.25, 0.3) is 10.2 Å². The van der Waals surface area contributed by atoms with Crippen LogP contribution in [0, 0.1) is 0 Å². The maximum absolute atomic E-state index is 12.4. The average Bonchev–Trinajstić information content (AvgIpc) is 3.13. The highest BCUT2D eigenvalue weighted by Gasteiger charge is 2.27. The molecule has 1 aliphatic rings. The highest BCUT2D eigenvalue weighted by Crippen LogP contribution is 2.36. The largest absolute Gasteiger partial charge is 0.497 e. The third kappa shape index (κ3) is 3.41. The predicted octanol–water partition coefficient (Wildman–Crippen LogP) is 2.60. The Labute approximate surface area is 159 Å². The lowest BCUT2D eigenvalue weighted by Crippen LogP contribution is -2.45. The van der Waals surface area contributed by atoms with Gasteiger partial charge in [-0.25, -0.2) is 4.98 Å². The number of carbonyl (C=O) groups is 1. The number of amides is 1. The molecule has 0 saturated heterocycles. The molecule has 27 heavy (non-hydrogen) atoms. The Morgan fingerprint density at radius 3 is 2.81 bits per heavy atom. The first kappa shape index (κ1) is 17.2. The van der Waals surface area contributed by atoms with Crippen molar-refractivity contribution in [2.45, 2.75) is 6.10 Å². The second-order valence-electron chi connectivity index (χ2n) is 5.67.